The van der Waals surface area contributed by atoms with Gasteiger partial charge in [0.1, 0.15) is 0 Å². The van der Waals surface area contributed by atoms with Crippen molar-refractivity contribution < 1.29 is 19.1 Å². The van der Waals surface area contributed by atoms with Crippen molar-refractivity contribution in [2.24, 2.45) is 11.3 Å². The Morgan fingerprint density at radius 1 is 1.10 bits per heavy atom. The van der Waals surface area contributed by atoms with Gasteiger partial charge < -0.3 is 25.0 Å². The van der Waals surface area contributed by atoms with E-state index in [4.69, 9.17) is 9.47 Å². The van der Waals surface area contributed by atoms with E-state index in [0.29, 0.717) is 24.0 Å². The summed E-state index contributed by atoms with van der Waals surface area (Å²) in [5.74, 6) is 1.76. The Balaban J connectivity index is 1.58. The van der Waals surface area contributed by atoms with Gasteiger partial charge >= 0.3 is 6.03 Å². The number of benzene rings is 1. The molecule has 2 N–H and O–H groups in total. The summed E-state index contributed by atoms with van der Waals surface area (Å²) in [7, 11) is 3.14. The van der Waals surface area contributed by atoms with Crippen molar-refractivity contribution in [2.75, 3.05) is 25.7 Å². The number of anilines is 1. The highest BCUT2D eigenvalue weighted by atomic mass is 16.5. The molecule has 1 aromatic rings. The molecule has 1 saturated carbocycles. The van der Waals surface area contributed by atoms with Gasteiger partial charge in [-0.1, -0.05) is 20.8 Å². The first-order valence-electron chi connectivity index (χ1n) is 10.3. The number of carbonyl (C=O) groups excluding carboxylic acids is 2. The number of amides is 3. The number of urea groups is 1. The molecule has 3 rings (SSSR count). The van der Waals surface area contributed by atoms with E-state index in [-0.39, 0.29) is 35.9 Å². The maximum Gasteiger partial charge on any atom is 0.315 e. The Bertz CT molecular complexity index is 764. The van der Waals surface area contributed by atoms with Crippen LogP contribution in [0.15, 0.2) is 18.2 Å². The number of rotatable bonds is 5. The largest absolute Gasteiger partial charge is 0.493 e. The highest BCUT2D eigenvalue weighted by Gasteiger charge is 2.35. The van der Waals surface area contributed by atoms with E-state index in [0.717, 1.165) is 18.5 Å². The maximum atomic E-state index is 12.5. The second-order valence-electron chi connectivity index (χ2n) is 9.17. The van der Waals surface area contributed by atoms with Gasteiger partial charge in [0, 0.05) is 30.8 Å². The standard InChI is InChI=1S/C22H33N3O4/c1-14-8-15(12-22(2,3)11-14)23-21(27)24-16-9-20(26)25(13-16)17-6-7-18(28-4)19(10-17)29-5/h6-7,10,14-16H,8-9,11-13H2,1-5H3,(H2,23,24,27)/t14-,15-,16+/m0/s1. The third kappa shape index (κ3) is 5.14. The van der Waals surface area contributed by atoms with Crippen LogP contribution in [0.4, 0.5) is 10.5 Å². The van der Waals surface area contributed by atoms with Crippen LogP contribution in [0.5, 0.6) is 11.5 Å². The van der Waals surface area contributed by atoms with E-state index in [1.165, 1.54) is 6.42 Å². The van der Waals surface area contributed by atoms with Crippen molar-refractivity contribution in [3.05, 3.63) is 18.2 Å². The predicted octanol–water partition coefficient (Wildman–Crippen LogP) is 3.32. The molecule has 2 fully saturated rings. The Morgan fingerprint density at radius 2 is 1.79 bits per heavy atom. The van der Waals surface area contributed by atoms with Gasteiger partial charge in [-0.15, -0.1) is 0 Å². The molecule has 2 aliphatic rings. The summed E-state index contributed by atoms with van der Waals surface area (Å²) in [4.78, 5) is 26.7. The van der Waals surface area contributed by atoms with Crippen LogP contribution < -0.4 is 25.0 Å². The molecule has 7 nitrogen and oxygen atoms in total. The van der Waals surface area contributed by atoms with Gasteiger partial charge in [0.25, 0.3) is 0 Å². The molecule has 1 heterocycles. The van der Waals surface area contributed by atoms with Crippen LogP contribution in [0.25, 0.3) is 0 Å². The SMILES string of the molecule is COc1ccc(N2C[C@H](NC(=O)N[C@H]3C[C@H](C)CC(C)(C)C3)CC2=O)cc1OC. The van der Waals surface area contributed by atoms with Gasteiger partial charge in [0.05, 0.1) is 20.3 Å². The average molecular weight is 404 g/mol. The fraction of sp³-hybridized carbons (Fsp3) is 0.636. The lowest BCUT2D eigenvalue weighted by Crippen LogP contribution is -2.50. The van der Waals surface area contributed by atoms with Crippen molar-refractivity contribution in [3.63, 3.8) is 0 Å². The number of nitrogens with zero attached hydrogens (tertiary/aromatic N) is 1. The van der Waals surface area contributed by atoms with Crippen LogP contribution in [-0.4, -0.2) is 44.8 Å². The van der Waals surface area contributed by atoms with Crippen molar-refractivity contribution in [1.82, 2.24) is 10.6 Å². The van der Waals surface area contributed by atoms with Crippen LogP contribution in [0.1, 0.15) is 46.5 Å². The lowest BCUT2D eigenvalue weighted by molar-refractivity contribution is -0.117. The lowest BCUT2D eigenvalue weighted by Gasteiger charge is -2.39. The van der Waals surface area contributed by atoms with E-state index in [1.54, 1.807) is 31.3 Å². The van der Waals surface area contributed by atoms with Crippen molar-refractivity contribution in [1.29, 1.82) is 0 Å². The van der Waals surface area contributed by atoms with Crippen molar-refractivity contribution in [2.45, 2.75) is 58.5 Å². The van der Waals surface area contributed by atoms with Gasteiger partial charge in [0.2, 0.25) is 5.91 Å². The Labute approximate surface area is 173 Å². The first kappa shape index (κ1) is 21.3. The third-order valence-electron chi connectivity index (χ3n) is 5.86. The smallest absolute Gasteiger partial charge is 0.315 e. The molecular formula is C22H33N3O4. The monoisotopic (exact) mass is 403 g/mol. The van der Waals surface area contributed by atoms with Crippen LogP contribution in [0.2, 0.25) is 0 Å². The molecular weight excluding hydrogens is 370 g/mol. The molecule has 0 bridgehead atoms. The van der Waals surface area contributed by atoms with Crippen LogP contribution >= 0.6 is 0 Å². The molecule has 0 spiro atoms. The Kier molecular flexibility index (Phi) is 6.24. The topological polar surface area (TPSA) is 79.9 Å². The Morgan fingerprint density at radius 3 is 2.45 bits per heavy atom. The van der Waals surface area contributed by atoms with Crippen LogP contribution in [0, 0.1) is 11.3 Å². The molecule has 1 aliphatic heterocycles. The fourth-order valence-electron chi connectivity index (χ4n) is 4.92. The summed E-state index contributed by atoms with van der Waals surface area (Å²) in [6.07, 6.45) is 3.45. The van der Waals surface area contributed by atoms with Crippen molar-refractivity contribution in [3.8, 4) is 11.5 Å². The number of ether oxygens (including phenoxy) is 2. The molecule has 29 heavy (non-hydrogen) atoms. The molecule has 0 radical (unpaired) electrons. The Hall–Kier alpha value is -2.44. The maximum absolute atomic E-state index is 12.5. The molecule has 3 atom stereocenters. The van der Waals surface area contributed by atoms with E-state index in [9.17, 15) is 9.59 Å². The molecule has 1 saturated heterocycles. The zero-order valence-corrected chi connectivity index (χ0v) is 18.1. The molecule has 160 valence electrons. The van der Waals surface area contributed by atoms with E-state index < -0.39 is 0 Å². The van der Waals surface area contributed by atoms with E-state index in [2.05, 4.69) is 31.4 Å². The summed E-state index contributed by atoms with van der Waals surface area (Å²) >= 11 is 0. The van der Waals surface area contributed by atoms with Gasteiger partial charge in [0.15, 0.2) is 11.5 Å². The molecule has 0 aromatic heterocycles. The predicted molar refractivity (Wildman–Crippen MR) is 113 cm³/mol. The van der Waals surface area contributed by atoms with Gasteiger partial charge in [-0.3, -0.25) is 4.79 Å². The van der Waals surface area contributed by atoms with Gasteiger partial charge in [-0.05, 0) is 42.7 Å². The molecule has 3 amide bonds. The van der Waals surface area contributed by atoms with E-state index >= 15 is 0 Å². The minimum atomic E-state index is -0.218. The number of hydrogen-bond acceptors (Lipinski definition) is 4. The lowest BCUT2D eigenvalue weighted by atomic mass is 9.71. The number of carbonyl (C=O) groups is 2. The molecule has 0 unspecified atom stereocenters. The second kappa shape index (κ2) is 8.51. The quantitative estimate of drug-likeness (QED) is 0.790. The zero-order chi connectivity index (χ0) is 21.2. The van der Waals surface area contributed by atoms with Crippen LogP contribution in [-0.2, 0) is 4.79 Å². The summed E-state index contributed by atoms with van der Waals surface area (Å²) in [5, 5.41) is 6.10. The minimum Gasteiger partial charge on any atom is -0.493 e. The third-order valence-corrected chi connectivity index (χ3v) is 5.86. The zero-order valence-electron chi connectivity index (χ0n) is 18.1. The molecule has 7 heteroatoms. The first-order valence-corrected chi connectivity index (χ1v) is 10.3. The van der Waals surface area contributed by atoms with E-state index in [1.807, 2.05) is 6.07 Å². The highest BCUT2D eigenvalue weighted by molar-refractivity contribution is 5.97. The minimum absolute atomic E-state index is 0.0186. The summed E-state index contributed by atoms with van der Waals surface area (Å²) in [6, 6.07) is 5.16. The van der Waals surface area contributed by atoms with Crippen LogP contribution in [0.3, 0.4) is 0 Å². The second-order valence-corrected chi connectivity index (χ2v) is 9.17. The fourth-order valence-corrected chi connectivity index (χ4v) is 4.92. The normalized spacial score (nSPS) is 26.2. The average Bonchev–Trinajstić information content (AvgIpc) is 2.99. The summed E-state index contributed by atoms with van der Waals surface area (Å²) < 4.78 is 10.6. The van der Waals surface area contributed by atoms with Crippen molar-refractivity contribution >= 4 is 17.6 Å². The van der Waals surface area contributed by atoms with Gasteiger partial charge in [-0.25, -0.2) is 4.79 Å². The summed E-state index contributed by atoms with van der Waals surface area (Å²) in [6.45, 7) is 7.19. The van der Waals surface area contributed by atoms with Gasteiger partial charge in [-0.2, -0.15) is 0 Å². The highest BCUT2D eigenvalue weighted by Crippen LogP contribution is 2.38. The number of nitrogens with one attached hydrogen (secondary N) is 2. The number of methoxy groups -OCH3 is 2. The molecule has 1 aromatic carbocycles. The first-order chi connectivity index (χ1) is 13.7. The molecule has 1 aliphatic carbocycles. The number of hydrogen-bond donors (Lipinski definition) is 2. The summed E-state index contributed by atoms with van der Waals surface area (Å²) in [5.41, 5.74) is 0.976.